The molecule has 1 unspecified atom stereocenters. The summed E-state index contributed by atoms with van der Waals surface area (Å²) in [4.78, 5) is 6.58. The summed E-state index contributed by atoms with van der Waals surface area (Å²) in [5.41, 5.74) is 1.31. The van der Waals surface area contributed by atoms with Crippen LogP contribution in [-0.2, 0) is 0 Å². The van der Waals surface area contributed by atoms with Crippen LogP contribution in [0.2, 0.25) is 0 Å². The lowest BCUT2D eigenvalue weighted by Crippen LogP contribution is -2.38. The monoisotopic (exact) mass is 359 g/mol. The highest BCUT2D eigenvalue weighted by atomic mass is 127. The molecule has 0 bridgehead atoms. The van der Waals surface area contributed by atoms with Gasteiger partial charge in [-0.1, -0.05) is 18.2 Å². The summed E-state index contributed by atoms with van der Waals surface area (Å²) in [6, 6.07) is 8.27. The number of ether oxygens (including phenoxy) is 1. The molecule has 1 aromatic rings. The number of nitrogens with zero attached hydrogens (tertiary/aromatic N) is 2. The lowest BCUT2D eigenvalue weighted by Gasteiger charge is -2.17. The molecule has 0 spiro atoms. The molecule has 0 saturated heterocycles. The number of hydrogen-bond donors (Lipinski definition) is 1. The van der Waals surface area contributed by atoms with Crippen LogP contribution in [-0.4, -0.2) is 44.1 Å². The summed E-state index contributed by atoms with van der Waals surface area (Å²) >= 11 is 0. The molecule has 0 saturated carbocycles. The number of halogens is 1. The van der Waals surface area contributed by atoms with Gasteiger partial charge in [0.05, 0.1) is 13.2 Å². The van der Waals surface area contributed by atoms with Gasteiger partial charge in [-0.15, -0.1) is 24.0 Å². The predicted octanol–water partition coefficient (Wildman–Crippen LogP) is 1.67. The zero-order valence-corrected chi connectivity index (χ0v) is 12.8. The Morgan fingerprint density at radius 2 is 2.28 bits per heavy atom. The quantitative estimate of drug-likeness (QED) is 0.817. The van der Waals surface area contributed by atoms with Gasteiger partial charge in [-0.05, 0) is 6.07 Å². The number of nitrogens with one attached hydrogen (secondary N) is 1. The number of likely N-dealkylation sites (N-methyl/N-ethyl adjacent to an activating group) is 1. The summed E-state index contributed by atoms with van der Waals surface area (Å²) in [7, 11) is 2.07. The van der Waals surface area contributed by atoms with Crippen LogP contribution in [0.4, 0.5) is 0 Å². The van der Waals surface area contributed by atoms with Crippen LogP contribution in [0.15, 0.2) is 29.3 Å². The van der Waals surface area contributed by atoms with E-state index in [1.54, 1.807) is 0 Å². The van der Waals surface area contributed by atoms with Crippen molar-refractivity contribution in [2.75, 3.05) is 33.3 Å². The molecule has 0 radical (unpaired) electrons. The molecule has 5 heteroatoms. The summed E-state index contributed by atoms with van der Waals surface area (Å²) < 4.78 is 5.66. The molecular formula is C13H18IN3O. The average molecular weight is 359 g/mol. The number of aliphatic imine (C=N–C) groups is 1. The first-order chi connectivity index (χ1) is 8.34. The van der Waals surface area contributed by atoms with Gasteiger partial charge in [-0.3, -0.25) is 4.99 Å². The van der Waals surface area contributed by atoms with E-state index in [-0.39, 0.29) is 24.0 Å². The molecule has 1 atom stereocenters. The molecule has 0 amide bonds. The van der Waals surface area contributed by atoms with Gasteiger partial charge in [0.2, 0.25) is 0 Å². The second kappa shape index (κ2) is 5.77. The number of guanidine groups is 1. The molecule has 2 heterocycles. The Morgan fingerprint density at radius 1 is 1.44 bits per heavy atom. The van der Waals surface area contributed by atoms with E-state index in [9.17, 15) is 0 Å². The molecule has 18 heavy (non-hydrogen) atoms. The lowest BCUT2D eigenvalue weighted by atomic mass is 10.0. The highest BCUT2D eigenvalue weighted by Gasteiger charge is 2.24. The number of para-hydroxylation sites is 1. The van der Waals surface area contributed by atoms with Crippen molar-refractivity contribution < 1.29 is 4.74 Å². The molecule has 0 aliphatic carbocycles. The van der Waals surface area contributed by atoms with Crippen LogP contribution in [0, 0.1) is 0 Å². The summed E-state index contributed by atoms with van der Waals surface area (Å²) in [6.45, 7) is 3.57. The largest absolute Gasteiger partial charge is 0.493 e. The predicted molar refractivity (Wildman–Crippen MR) is 83.0 cm³/mol. The van der Waals surface area contributed by atoms with E-state index in [1.807, 2.05) is 12.1 Å². The van der Waals surface area contributed by atoms with Gasteiger partial charge in [0.15, 0.2) is 5.96 Å². The van der Waals surface area contributed by atoms with Crippen molar-refractivity contribution in [1.82, 2.24) is 10.2 Å². The minimum atomic E-state index is 0. The Bertz CT molecular complexity index is 450. The minimum absolute atomic E-state index is 0. The molecule has 1 aromatic carbocycles. The van der Waals surface area contributed by atoms with Gasteiger partial charge in [0, 0.05) is 31.6 Å². The SMILES string of the molecule is CN1CCN=C1NCC1COc2ccccc21.I. The maximum Gasteiger partial charge on any atom is 0.193 e. The van der Waals surface area contributed by atoms with Crippen molar-refractivity contribution >= 4 is 29.9 Å². The fourth-order valence-electron chi connectivity index (χ4n) is 2.34. The third-order valence-electron chi connectivity index (χ3n) is 3.36. The average Bonchev–Trinajstić information content (AvgIpc) is 2.93. The highest BCUT2D eigenvalue weighted by Crippen LogP contribution is 2.32. The Kier molecular flexibility index (Phi) is 4.31. The molecule has 3 rings (SSSR count). The fourth-order valence-corrected chi connectivity index (χ4v) is 2.34. The molecule has 0 aromatic heterocycles. The van der Waals surface area contributed by atoms with Gasteiger partial charge in [-0.2, -0.15) is 0 Å². The minimum Gasteiger partial charge on any atom is -0.493 e. The topological polar surface area (TPSA) is 36.9 Å². The maximum absolute atomic E-state index is 5.66. The zero-order valence-electron chi connectivity index (χ0n) is 10.4. The van der Waals surface area contributed by atoms with Crippen molar-refractivity contribution in [2.24, 2.45) is 4.99 Å². The van der Waals surface area contributed by atoms with Crippen LogP contribution >= 0.6 is 24.0 Å². The Morgan fingerprint density at radius 3 is 3.06 bits per heavy atom. The molecule has 0 fully saturated rings. The van der Waals surface area contributed by atoms with E-state index in [1.165, 1.54) is 5.56 Å². The van der Waals surface area contributed by atoms with E-state index < -0.39 is 0 Å². The van der Waals surface area contributed by atoms with Crippen molar-refractivity contribution in [3.8, 4) is 5.75 Å². The normalized spacial score (nSPS) is 20.8. The number of rotatable bonds is 2. The molecule has 98 valence electrons. The van der Waals surface area contributed by atoms with Crippen molar-refractivity contribution in [2.45, 2.75) is 5.92 Å². The van der Waals surface area contributed by atoms with Crippen LogP contribution in [0.3, 0.4) is 0 Å². The van der Waals surface area contributed by atoms with Crippen LogP contribution < -0.4 is 10.1 Å². The van der Waals surface area contributed by atoms with Gasteiger partial charge < -0.3 is 15.0 Å². The third kappa shape index (κ3) is 2.55. The third-order valence-corrected chi connectivity index (χ3v) is 3.36. The van der Waals surface area contributed by atoms with E-state index in [0.717, 1.165) is 38.0 Å². The second-order valence-corrected chi connectivity index (χ2v) is 4.55. The summed E-state index contributed by atoms with van der Waals surface area (Å²) in [5, 5.41) is 3.41. The first-order valence-corrected chi connectivity index (χ1v) is 6.06. The Hall–Kier alpha value is -0.980. The van der Waals surface area contributed by atoms with E-state index in [4.69, 9.17) is 4.74 Å². The van der Waals surface area contributed by atoms with E-state index >= 15 is 0 Å². The lowest BCUT2D eigenvalue weighted by molar-refractivity contribution is 0.329. The second-order valence-electron chi connectivity index (χ2n) is 4.55. The molecule has 1 N–H and O–H groups in total. The van der Waals surface area contributed by atoms with Crippen LogP contribution in [0.1, 0.15) is 11.5 Å². The number of hydrogen-bond acceptors (Lipinski definition) is 4. The maximum atomic E-state index is 5.66. The number of benzene rings is 1. The highest BCUT2D eigenvalue weighted by molar-refractivity contribution is 14.0. The molecule has 4 nitrogen and oxygen atoms in total. The standard InChI is InChI=1S/C13H17N3O.HI/c1-16-7-6-14-13(16)15-8-10-9-17-12-5-3-2-4-11(10)12;/h2-5,10H,6-9H2,1H3,(H,14,15);1H. The van der Waals surface area contributed by atoms with Gasteiger partial charge in [-0.25, -0.2) is 0 Å². The molecular weight excluding hydrogens is 341 g/mol. The van der Waals surface area contributed by atoms with Gasteiger partial charge in [0.1, 0.15) is 5.75 Å². The first kappa shape index (κ1) is 13.5. The number of fused-ring (bicyclic) bond motifs is 1. The smallest absolute Gasteiger partial charge is 0.193 e. The van der Waals surface area contributed by atoms with Crippen molar-refractivity contribution in [3.05, 3.63) is 29.8 Å². The van der Waals surface area contributed by atoms with E-state index in [2.05, 4.69) is 34.4 Å². The molecule has 2 aliphatic heterocycles. The Balaban J connectivity index is 0.00000120. The summed E-state index contributed by atoms with van der Waals surface area (Å²) in [6.07, 6.45) is 0. The van der Waals surface area contributed by atoms with Gasteiger partial charge >= 0.3 is 0 Å². The van der Waals surface area contributed by atoms with Crippen molar-refractivity contribution in [1.29, 1.82) is 0 Å². The van der Waals surface area contributed by atoms with E-state index in [0.29, 0.717) is 5.92 Å². The molecule has 2 aliphatic rings. The fraction of sp³-hybridized carbons (Fsp3) is 0.462. The van der Waals surface area contributed by atoms with Crippen LogP contribution in [0.5, 0.6) is 5.75 Å². The zero-order chi connectivity index (χ0) is 11.7. The Labute approximate surface area is 124 Å². The van der Waals surface area contributed by atoms with Crippen LogP contribution in [0.25, 0.3) is 0 Å². The van der Waals surface area contributed by atoms with Crippen molar-refractivity contribution in [3.63, 3.8) is 0 Å². The van der Waals surface area contributed by atoms with Gasteiger partial charge in [0.25, 0.3) is 0 Å². The summed E-state index contributed by atoms with van der Waals surface area (Å²) in [5.74, 6) is 2.47. The first-order valence-electron chi connectivity index (χ1n) is 6.06.